The molecular formula is C24H24ClNO. The average molecular weight is 378 g/mol. The number of benzene rings is 3. The molecule has 3 aromatic rings. The predicted molar refractivity (Wildman–Crippen MR) is 114 cm³/mol. The van der Waals surface area contributed by atoms with Crippen molar-refractivity contribution in [2.24, 2.45) is 0 Å². The van der Waals surface area contributed by atoms with Gasteiger partial charge in [-0.05, 0) is 60.7 Å². The molecule has 2 nitrogen and oxygen atoms in total. The van der Waals surface area contributed by atoms with Crippen LogP contribution in [0.2, 0.25) is 5.02 Å². The van der Waals surface area contributed by atoms with Crippen LogP contribution in [0.5, 0.6) is 0 Å². The fourth-order valence-corrected chi connectivity index (χ4v) is 3.15. The first-order chi connectivity index (χ1) is 13.1. The smallest absolute Gasteiger partial charge is 0.0999 e. The highest BCUT2D eigenvalue weighted by molar-refractivity contribution is 6.30. The van der Waals surface area contributed by atoms with E-state index in [1.165, 1.54) is 16.7 Å². The molecular weight excluding hydrogens is 354 g/mol. The maximum atomic E-state index is 6.00. The molecule has 1 N–H and O–H groups in total. The van der Waals surface area contributed by atoms with E-state index >= 15 is 0 Å². The summed E-state index contributed by atoms with van der Waals surface area (Å²) < 4.78 is 0. The van der Waals surface area contributed by atoms with Crippen molar-refractivity contribution in [2.45, 2.75) is 27.4 Å². The highest BCUT2D eigenvalue weighted by atomic mass is 35.5. The van der Waals surface area contributed by atoms with Gasteiger partial charge < -0.3 is 0 Å². The molecule has 0 aromatic heterocycles. The van der Waals surface area contributed by atoms with Crippen molar-refractivity contribution in [3.05, 3.63) is 100 Å². The Morgan fingerprint density at radius 2 is 1.59 bits per heavy atom. The Kier molecular flexibility index (Phi) is 6.33. The van der Waals surface area contributed by atoms with Gasteiger partial charge in [-0.1, -0.05) is 77.8 Å². The molecule has 0 fully saturated rings. The van der Waals surface area contributed by atoms with Crippen LogP contribution in [0.25, 0.3) is 16.8 Å². The van der Waals surface area contributed by atoms with E-state index in [2.05, 4.69) is 68.7 Å². The maximum Gasteiger partial charge on any atom is 0.0999 e. The van der Waals surface area contributed by atoms with Crippen LogP contribution in [-0.2, 0) is 11.4 Å². The molecule has 0 heterocycles. The van der Waals surface area contributed by atoms with E-state index in [0.717, 1.165) is 27.4 Å². The maximum absolute atomic E-state index is 6.00. The first kappa shape index (κ1) is 19.2. The predicted octanol–water partition coefficient (Wildman–Crippen LogP) is 6.79. The largest absolute Gasteiger partial charge is 0.271 e. The van der Waals surface area contributed by atoms with Gasteiger partial charge in [0.25, 0.3) is 0 Å². The van der Waals surface area contributed by atoms with Gasteiger partial charge >= 0.3 is 0 Å². The Morgan fingerprint density at radius 3 is 2.26 bits per heavy atom. The van der Waals surface area contributed by atoms with Crippen LogP contribution in [0.4, 0.5) is 0 Å². The van der Waals surface area contributed by atoms with E-state index in [0.29, 0.717) is 6.61 Å². The first-order valence-corrected chi connectivity index (χ1v) is 9.39. The Balaban J connectivity index is 1.73. The summed E-state index contributed by atoms with van der Waals surface area (Å²) in [6.45, 7) is 6.74. The Hall–Kier alpha value is -2.55. The van der Waals surface area contributed by atoms with Crippen LogP contribution < -0.4 is 5.48 Å². The summed E-state index contributed by atoms with van der Waals surface area (Å²) in [7, 11) is 0. The molecule has 0 aliphatic heterocycles. The second-order valence-electron chi connectivity index (χ2n) is 6.73. The van der Waals surface area contributed by atoms with Crippen molar-refractivity contribution < 1.29 is 4.84 Å². The summed E-state index contributed by atoms with van der Waals surface area (Å²) in [6.07, 6.45) is 0. The van der Waals surface area contributed by atoms with Crippen molar-refractivity contribution in [1.82, 2.24) is 5.48 Å². The van der Waals surface area contributed by atoms with E-state index in [-0.39, 0.29) is 0 Å². The molecule has 0 radical (unpaired) electrons. The molecule has 0 bridgehead atoms. The molecule has 3 rings (SSSR count). The molecule has 0 spiro atoms. The number of allylic oxidation sites excluding steroid dienone is 1. The van der Waals surface area contributed by atoms with Crippen molar-refractivity contribution in [3.8, 4) is 11.1 Å². The number of rotatable bonds is 6. The molecule has 0 saturated carbocycles. The number of hydrogen-bond acceptors (Lipinski definition) is 2. The van der Waals surface area contributed by atoms with Gasteiger partial charge in [-0.3, -0.25) is 10.3 Å². The van der Waals surface area contributed by atoms with Crippen molar-refractivity contribution >= 4 is 17.3 Å². The third kappa shape index (κ3) is 4.79. The van der Waals surface area contributed by atoms with Crippen molar-refractivity contribution in [3.63, 3.8) is 0 Å². The molecule has 3 heteroatoms. The lowest BCUT2D eigenvalue weighted by Crippen LogP contribution is -2.14. The van der Waals surface area contributed by atoms with Gasteiger partial charge in [0, 0.05) is 5.02 Å². The Morgan fingerprint density at radius 1 is 0.889 bits per heavy atom. The van der Waals surface area contributed by atoms with Gasteiger partial charge in [-0.15, -0.1) is 0 Å². The third-order valence-electron chi connectivity index (χ3n) is 4.57. The molecule has 0 amide bonds. The normalized spacial score (nSPS) is 10.5. The van der Waals surface area contributed by atoms with Crippen LogP contribution in [-0.4, -0.2) is 0 Å². The van der Waals surface area contributed by atoms with Crippen LogP contribution in [0.1, 0.15) is 30.5 Å². The third-order valence-corrected chi connectivity index (χ3v) is 4.82. The van der Waals surface area contributed by atoms with Crippen LogP contribution in [0, 0.1) is 6.92 Å². The SMILES string of the molecule is CC(C)=C(NOCc1cccc(-c2ccccc2)c1C)c1ccc(Cl)cc1. The summed E-state index contributed by atoms with van der Waals surface area (Å²) in [4.78, 5) is 5.86. The summed E-state index contributed by atoms with van der Waals surface area (Å²) in [5.74, 6) is 0. The molecule has 0 aliphatic carbocycles. The average Bonchev–Trinajstić information content (AvgIpc) is 2.68. The Labute approximate surface area is 166 Å². The zero-order valence-corrected chi connectivity index (χ0v) is 16.7. The summed E-state index contributed by atoms with van der Waals surface area (Å²) in [5.41, 5.74) is 11.1. The standard InChI is InChI=1S/C24H24ClNO/c1-17(2)24(20-12-14-22(25)15-13-20)26-27-16-21-10-7-11-23(18(21)3)19-8-5-4-6-9-19/h4-15,26H,16H2,1-3H3. The number of halogens is 1. The molecule has 0 unspecified atom stereocenters. The topological polar surface area (TPSA) is 21.3 Å². The minimum absolute atomic E-state index is 0.483. The quantitative estimate of drug-likeness (QED) is 0.477. The Bertz CT molecular complexity index is 926. The molecule has 0 aliphatic rings. The lowest BCUT2D eigenvalue weighted by atomic mass is 9.97. The van der Waals surface area contributed by atoms with Gasteiger partial charge in [0.2, 0.25) is 0 Å². The molecule has 27 heavy (non-hydrogen) atoms. The zero-order valence-electron chi connectivity index (χ0n) is 15.9. The number of hydrogen-bond donors (Lipinski definition) is 1. The molecule has 3 aromatic carbocycles. The van der Waals surface area contributed by atoms with Crippen LogP contribution in [0.15, 0.2) is 78.4 Å². The summed E-state index contributed by atoms with van der Waals surface area (Å²) in [5, 5.41) is 0.723. The minimum Gasteiger partial charge on any atom is -0.271 e. The van der Waals surface area contributed by atoms with Gasteiger partial charge in [0.15, 0.2) is 0 Å². The summed E-state index contributed by atoms with van der Waals surface area (Å²) in [6, 6.07) is 24.5. The summed E-state index contributed by atoms with van der Waals surface area (Å²) >= 11 is 6.00. The zero-order chi connectivity index (χ0) is 19.2. The lowest BCUT2D eigenvalue weighted by molar-refractivity contribution is 0.0639. The fourth-order valence-electron chi connectivity index (χ4n) is 3.02. The molecule has 0 atom stereocenters. The van der Waals surface area contributed by atoms with E-state index in [1.807, 2.05) is 30.3 Å². The van der Waals surface area contributed by atoms with Crippen molar-refractivity contribution in [1.29, 1.82) is 0 Å². The van der Waals surface area contributed by atoms with Gasteiger partial charge in [0.05, 0.1) is 12.3 Å². The van der Waals surface area contributed by atoms with Gasteiger partial charge in [-0.2, -0.15) is 0 Å². The molecule has 0 saturated heterocycles. The van der Waals surface area contributed by atoms with E-state index < -0.39 is 0 Å². The highest BCUT2D eigenvalue weighted by Crippen LogP contribution is 2.26. The fraction of sp³-hybridized carbons (Fsp3) is 0.167. The van der Waals surface area contributed by atoms with E-state index in [9.17, 15) is 0 Å². The minimum atomic E-state index is 0.483. The van der Waals surface area contributed by atoms with Crippen LogP contribution >= 0.6 is 11.6 Å². The molecule has 138 valence electrons. The second kappa shape index (κ2) is 8.90. The monoisotopic (exact) mass is 377 g/mol. The van der Waals surface area contributed by atoms with E-state index in [4.69, 9.17) is 16.4 Å². The van der Waals surface area contributed by atoms with Crippen LogP contribution in [0.3, 0.4) is 0 Å². The first-order valence-electron chi connectivity index (χ1n) is 9.01. The highest BCUT2D eigenvalue weighted by Gasteiger charge is 2.08. The number of nitrogens with one attached hydrogen (secondary N) is 1. The lowest BCUT2D eigenvalue weighted by Gasteiger charge is -2.16. The van der Waals surface area contributed by atoms with E-state index in [1.54, 1.807) is 0 Å². The second-order valence-corrected chi connectivity index (χ2v) is 7.16. The van der Waals surface area contributed by atoms with Gasteiger partial charge in [0.1, 0.15) is 0 Å². The number of hydroxylamine groups is 1. The van der Waals surface area contributed by atoms with Crippen molar-refractivity contribution in [2.75, 3.05) is 0 Å². The van der Waals surface area contributed by atoms with Gasteiger partial charge in [-0.25, -0.2) is 0 Å².